The predicted molar refractivity (Wildman–Crippen MR) is 71.4 cm³/mol. The molecule has 0 bridgehead atoms. The molecule has 3 aliphatic heterocycles. The van der Waals surface area contributed by atoms with Crippen LogP contribution in [0, 0.1) is 0 Å². The summed E-state index contributed by atoms with van der Waals surface area (Å²) in [4.78, 5) is 17.5. The summed E-state index contributed by atoms with van der Waals surface area (Å²) in [6, 6.07) is 0.637. The zero-order chi connectivity index (χ0) is 12.6. The molecule has 3 aliphatic rings. The van der Waals surface area contributed by atoms with Crippen LogP contribution in [0.15, 0.2) is 0 Å². The summed E-state index contributed by atoms with van der Waals surface area (Å²) in [7, 11) is 0. The van der Waals surface area contributed by atoms with Crippen LogP contribution >= 0.6 is 0 Å². The third kappa shape index (κ3) is 1.95. The Morgan fingerprint density at radius 2 is 2.22 bits per heavy atom. The molecular weight excluding hydrogens is 226 g/mol. The number of piperazine rings is 1. The van der Waals surface area contributed by atoms with Crippen LogP contribution in [0.1, 0.15) is 39.0 Å². The first kappa shape index (κ1) is 12.4. The highest BCUT2D eigenvalue weighted by Crippen LogP contribution is 2.28. The molecule has 0 aromatic carbocycles. The Balaban J connectivity index is 1.69. The number of rotatable bonds is 2. The molecule has 3 rings (SSSR count). The van der Waals surface area contributed by atoms with Gasteiger partial charge in [0.05, 0.1) is 5.54 Å². The molecule has 0 saturated carbocycles. The smallest absolute Gasteiger partial charge is 0.242 e. The van der Waals surface area contributed by atoms with Gasteiger partial charge in [-0.05, 0) is 45.2 Å². The van der Waals surface area contributed by atoms with Gasteiger partial charge in [-0.15, -0.1) is 0 Å². The van der Waals surface area contributed by atoms with E-state index in [4.69, 9.17) is 0 Å². The molecular formula is C14H25N3O. The number of nitrogens with zero attached hydrogens (tertiary/aromatic N) is 2. The lowest BCUT2D eigenvalue weighted by Gasteiger charge is -2.41. The van der Waals surface area contributed by atoms with Crippen molar-refractivity contribution in [1.29, 1.82) is 0 Å². The highest BCUT2D eigenvalue weighted by atomic mass is 16.2. The molecule has 4 heteroatoms. The molecule has 3 saturated heterocycles. The second-order valence-electron chi connectivity index (χ2n) is 6.05. The minimum absolute atomic E-state index is 0.235. The van der Waals surface area contributed by atoms with Crippen molar-refractivity contribution in [3.8, 4) is 0 Å². The first-order chi connectivity index (χ1) is 8.75. The molecule has 102 valence electrons. The Hall–Kier alpha value is -0.610. The van der Waals surface area contributed by atoms with Gasteiger partial charge in [0.2, 0.25) is 5.91 Å². The lowest BCUT2D eigenvalue weighted by Crippen LogP contribution is -2.60. The van der Waals surface area contributed by atoms with Crippen LogP contribution in [-0.4, -0.2) is 60.0 Å². The number of amides is 1. The highest BCUT2D eigenvalue weighted by molar-refractivity contribution is 5.87. The third-order valence-corrected chi connectivity index (χ3v) is 5.13. The first-order valence-corrected chi connectivity index (χ1v) is 7.54. The summed E-state index contributed by atoms with van der Waals surface area (Å²) in [6.45, 7) is 7.35. The van der Waals surface area contributed by atoms with Gasteiger partial charge in [-0.25, -0.2) is 0 Å². The number of carbonyl (C=O) groups excluding carboxylic acids is 1. The number of hydrogen-bond acceptors (Lipinski definition) is 3. The van der Waals surface area contributed by atoms with Crippen molar-refractivity contribution < 1.29 is 4.79 Å². The number of hydrogen-bond donors (Lipinski definition) is 1. The average molecular weight is 251 g/mol. The standard InChI is InChI=1S/C14H25N3O/c1-2-14(6-4-7-15-14)13(18)17-10-9-16-8-3-5-12(16)11-17/h12,15H,2-11H2,1H3. The van der Waals surface area contributed by atoms with E-state index in [9.17, 15) is 4.79 Å². The summed E-state index contributed by atoms with van der Waals surface area (Å²) in [5, 5.41) is 3.47. The third-order valence-electron chi connectivity index (χ3n) is 5.13. The Morgan fingerprint density at radius 3 is 2.94 bits per heavy atom. The quantitative estimate of drug-likeness (QED) is 0.789. The second-order valence-corrected chi connectivity index (χ2v) is 6.05. The molecule has 1 N–H and O–H groups in total. The SMILES string of the molecule is CCC1(C(=O)N2CCN3CCCC3C2)CCCN1. The van der Waals surface area contributed by atoms with Crippen LogP contribution in [0.25, 0.3) is 0 Å². The molecule has 0 spiro atoms. The van der Waals surface area contributed by atoms with Crippen molar-refractivity contribution in [2.75, 3.05) is 32.7 Å². The largest absolute Gasteiger partial charge is 0.338 e. The predicted octanol–water partition coefficient (Wildman–Crippen LogP) is 0.825. The molecule has 0 aromatic rings. The Labute approximate surface area is 110 Å². The Morgan fingerprint density at radius 1 is 1.33 bits per heavy atom. The molecule has 2 unspecified atom stereocenters. The minimum Gasteiger partial charge on any atom is -0.338 e. The zero-order valence-electron chi connectivity index (χ0n) is 11.5. The van der Waals surface area contributed by atoms with E-state index in [1.807, 2.05) is 0 Å². The Kier molecular flexibility index (Phi) is 3.32. The van der Waals surface area contributed by atoms with Crippen LogP contribution in [0.2, 0.25) is 0 Å². The van der Waals surface area contributed by atoms with Gasteiger partial charge in [-0.3, -0.25) is 9.69 Å². The lowest BCUT2D eigenvalue weighted by atomic mass is 9.91. The van der Waals surface area contributed by atoms with Gasteiger partial charge in [0.1, 0.15) is 0 Å². The average Bonchev–Trinajstić information content (AvgIpc) is 3.06. The van der Waals surface area contributed by atoms with Gasteiger partial charge in [-0.2, -0.15) is 0 Å². The molecule has 4 nitrogen and oxygen atoms in total. The maximum absolute atomic E-state index is 12.8. The first-order valence-electron chi connectivity index (χ1n) is 7.54. The Bertz CT molecular complexity index is 325. The van der Waals surface area contributed by atoms with Gasteiger partial charge < -0.3 is 10.2 Å². The van der Waals surface area contributed by atoms with Crippen molar-refractivity contribution in [1.82, 2.24) is 15.1 Å². The van der Waals surface area contributed by atoms with Crippen LogP contribution in [0.5, 0.6) is 0 Å². The molecule has 0 aromatic heterocycles. The van der Waals surface area contributed by atoms with E-state index < -0.39 is 0 Å². The van der Waals surface area contributed by atoms with E-state index in [1.165, 1.54) is 19.4 Å². The molecule has 18 heavy (non-hydrogen) atoms. The summed E-state index contributed by atoms with van der Waals surface area (Å²) in [5.41, 5.74) is -0.235. The van der Waals surface area contributed by atoms with Gasteiger partial charge in [0.25, 0.3) is 0 Å². The van der Waals surface area contributed by atoms with Gasteiger partial charge in [0, 0.05) is 25.7 Å². The van der Waals surface area contributed by atoms with E-state index in [-0.39, 0.29) is 5.54 Å². The normalized spacial score (nSPS) is 36.9. The van der Waals surface area contributed by atoms with Crippen LogP contribution in [-0.2, 0) is 4.79 Å². The summed E-state index contributed by atoms with van der Waals surface area (Å²) in [6.07, 6.45) is 5.67. The van der Waals surface area contributed by atoms with Crippen LogP contribution in [0.4, 0.5) is 0 Å². The second kappa shape index (κ2) is 4.82. The summed E-state index contributed by atoms with van der Waals surface area (Å²) in [5.74, 6) is 0.369. The fourth-order valence-electron chi connectivity index (χ4n) is 3.92. The lowest BCUT2D eigenvalue weighted by molar-refractivity contribution is -0.140. The van der Waals surface area contributed by atoms with Gasteiger partial charge >= 0.3 is 0 Å². The fourth-order valence-corrected chi connectivity index (χ4v) is 3.92. The molecule has 3 heterocycles. The van der Waals surface area contributed by atoms with E-state index >= 15 is 0 Å². The topological polar surface area (TPSA) is 35.6 Å². The van der Waals surface area contributed by atoms with Crippen molar-refractivity contribution in [2.45, 2.75) is 50.6 Å². The fraction of sp³-hybridized carbons (Fsp3) is 0.929. The van der Waals surface area contributed by atoms with Crippen molar-refractivity contribution >= 4 is 5.91 Å². The molecule has 1 amide bonds. The van der Waals surface area contributed by atoms with Gasteiger partial charge in [0.15, 0.2) is 0 Å². The summed E-state index contributed by atoms with van der Waals surface area (Å²) < 4.78 is 0. The maximum atomic E-state index is 12.8. The van der Waals surface area contributed by atoms with Crippen LogP contribution in [0.3, 0.4) is 0 Å². The van der Waals surface area contributed by atoms with Crippen molar-refractivity contribution in [3.63, 3.8) is 0 Å². The summed E-state index contributed by atoms with van der Waals surface area (Å²) >= 11 is 0. The number of nitrogens with one attached hydrogen (secondary N) is 1. The molecule has 0 aliphatic carbocycles. The van der Waals surface area contributed by atoms with Crippen molar-refractivity contribution in [2.24, 2.45) is 0 Å². The van der Waals surface area contributed by atoms with E-state index in [0.717, 1.165) is 45.4 Å². The van der Waals surface area contributed by atoms with E-state index in [0.29, 0.717) is 11.9 Å². The molecule has 0 radical (unpaired) electrons. The minimum atomic E-state index is -0.235. The molecule has 3 fully saturated rings. The number of fused-ring (bicyclic) bond motifs is 1. The zero-order valence-corrected chi connectivity index (χ0v) is 11.5. The van der Waals surface area contributed by atoms with Gasteiger partial charge in [-0.1, -0.05) is 6.92 Å². The van der Waals surface area contributed by atoms with E-state index in [1.54, 1.807) is 0 Å². The number of carbonyl (C=O) groups is 1. The molecule has 2 atom stereocenters. The van der Waals surface area contributed by atoms with E-state index in [2.05, 4.69) is 22.0 Å². The monoisotopic (exact) mass is 251 g/mol. The van der Waals surface area contributed by atoms with Crippen LogP contribution < -0.4 is 5.32 Å². The van der Waals surface area contributed by atoms with Crippen molar-refractivity contribution in [3.05, 3.63) is 0 Å². The maximum Gasteiger partial charge on any atom is 0.242 e. The highest BCUT2D eigenvalue weighted by Gasteiger charge is 2.43.